The van der Waals surface area contributed by atoms with Gasteiger partial charge in [-0.05, 0) is 6.42 Å². The Hall–Kier alpha value is -0.610. The van der Waals surface area contributed by atoms with E-state index in [9.17, 15) is 4.79 Å². The summed E-state index contributed by atoms with van der Waals surface area (Å²) < 4.78 is 0.927. The van der Waals surface area contributed by atoms with Crippen molar-refractivity contribution in [2.75, 3.05) is 34.3 Å². The Morgan fingerprint density at radius 1 is 0.731 bits per heavy atom. The maximum Gasteiger partial charge on any atom is 0.243 e. The van der Waals surface area contributed by atoms with Crippen molar-refractivity contribution in [1.82, 2.24) is 5.48 Å². The summed E-state index contributed by atoms with van der Waals surface area (Å²) >= 11 is 0. The molecule has 1 N–H and O–H groups in total. The van der Waals surface area contributed by atoms with Crippen LogP contribution in [0.3, 0.4) is 0 Å². The Morgan fingerprint density at radius 2 is 1.19 bits per heavy atom. The Bertz CT molecular complexity index is 314. The third kappa shape index (κ3) is 21.4. The zero-order valence-electron chi connectivity index (χ0n) is 18.3. The van der Waals surface area contributed by atoms with Crippen molar-refractivity contribution in [3.05, 3.63) is 0 Å². The fourth-order valence-corrected chi connectivity index (χ4v) is 3.10. The number of amides is 1. The van der Waals surface area contributed by atoms with Crippen LogP contribution in [0.15, 0.2) is 0 Å². The van der Waals surface area contributed by atoms with Crippen LogP contribution in [-0.4, -0.2) is 44.7 Å². The summed E-state index contributed by atoms with van der Waals surface area (Å²) in [6.45, 7) is 3.92. The Balaban J connectivity index is 3.19. The molecule has 0 saturated heterocycles. The summed E-state index contributed by atoms with van der Waals surface area (Å²) in [5.74, 6) is 0.0262. The molecule has 0 spiro atoms. The lowest BCUT2D eigenvalue weighted by molar-refractivity contribution is -0.870. The van der Waals surface area contributed by atoms with Gasteiger partial charge in [0.05, 0.1) is 34.3 Å². The molecule has 156 valence electrons. The first-order valence-electron chi connectivity index (χ1n) is 11.2. The maximum absolute atomic E-state index is 11.7. The molecule has 0 atom stereocenters. The van der Waals surface area contributed by atoms with Crippen LogP contribution in [0.25, 0.3) is 0 Å². The van der Waals surface area contributed by atoms with Gasteiger partial charge < -0.3 is 4.48 Å². The number of rotatable bonds is 19. The van der Waals surface area contributed by atoms with Gasteiger partial charge in [0, 0.05) is 12.8 Å². The second-order valence-corrected chi connectivity index (χ2v) is 8.73. The molecule has 1 amide bonds. The van der Waals surface area contributed by atoms with E-state index in [1.165, 1.54) is 70.6 Å². The van der Waals surface area contributed by atoms with E-state index in [0.29, 0.717) is 13.0 Å². The number of carbonyl (C=O) groups is 1. The second kappa shape index (κ2) is 17.8. The van der Waals surface area contributed by atoms with Gasteiger partial charge in [-0.25, -0.2) is 5.48 Å². The third-order valence-corrected chi connectivity index (χ3v) is 4.77. The van der Waals surface area contributed by atoms with Crippen LogP contribution in [0.1, 0.15) is 103 Å². The number of hydrogen-bond donors (Lipinski definition) is 1. The topological polar surface area (TPSA) is 38.3 Å². The predicted octanol–water partition coefficient (Wildman–Crippen LogP) is 5.61. The molecule has 0 aromatic carbocycles. The van der Waals surface area contributed by atoms with E-state index in [1.54, 1.807) is 0 Å². The van der Waals surface area contributed by atoms with E-state index in [-0.39, 0.29) is 5.91 Å². The van der Waals surface area contributed by atoms with E-state index >= 15 is 0 Å². The van der Waals surface area contributed by atoms with Crippen molar-refractivity contribution < 1.29 is 14.1 Å². The van der Waals surface area contributed by atoms with Crippen LogP contribution in [0.2, 0.25) is 0 Å². The molecule has 26 heavy (non-hydrogen) atoms. The standard InChI is InChI=1S/C22H46N2O2/c1-5-6-7-8-9-10-11-12-13-14-15-16-17-19-22(25)23-26-21-18-20-24(2,3)4/h5-21H2,1-4H3/p+1. The zero-order chi connectivity index (χ0) is 19.5. The maximum atomic E-state index is 11.7. The smallest absolute Gasteiger partial charge is 0.243 e. The van der Waals surface area contributed by atoms with Crippen molar-refractivity contribution >= 4 is 5.91 Å². The number of nitrogens with one attached hydrogen (secondary N) is 1. The molecule has 0 saturated carbocycles. The molecular weight excluding hydrogens is 324 g/mol. The van der Waals surface area contributed by atoms with Gasteiger partial charge in [-0.2, -0.15) is 0 Å². The molecule has 0 aliphatic heterocycles. The molecular formula is C22H47N2O2+. The van der Waals surface area contributed by atoms with Gasteiger partial charge in [-0.15, -0.1) is 0 Å². The number of carbonyl (C=O) groups excluding carboxylic acids is 1. The Labute approximate surface area is 163 Å². The summed E-state index contributed by atoms with van der Waals surface area (Å²) in [6, 6.07) is 0. The fourth-order valence-electron chi connectivity index (χ4n) is 3.10. The number of quaternary nitrogens is 1. The van der Waals surface area contributed by atoms with Gasteiger partial charge in [0.1, 0.15) is 0 Å². The summed E-state index contributed by atoms with van der Waals surface area (Å²) in [7, 11) is 6.48. The quantitative estimate of drug-likeness (QED) is 0.182. The Morgan fingerprint density at radius 3 is 1.65 bits per heavy atom. The molecule has 0 aliphatic carbocycles. The fraction of sp³-hybridized carbons (Fsp3) is 0.955. The van der Waals surface area contributed by atoms with Crippen molar-refractivity contribution in [3.8, 4) is 0 Å². The average Bonchev–Trinajstić information content (AvgIpc) is 2.57. The highest BCUT2D eigenvalue weighted by Gasteiger charge is 2.06. The first-order chi connectivity index (χ1) is 12.5. The van der Waals surface area contributed by atoms with Gasteiger partial charge >= 0.3 is 0 Å². The summed E-state index contributed by atoms with van der Waals surface area (Å²) in [5, 5.41) is 0. The molecule has 0 unspecified atom stereocenters. The largest absolute Gasteiger partial charge is 0.331 e. The molecule has 0 aromatic heterocycles. The number of hydroxylamine groups is 1. The van der Waals surface area contributed by atoms with Crippen molar-refractivity contribution in [2.45, 2.75) is 103 Å². The minimum Gasteiger partial charge on any atom is -0.331 e. The van der Waals surface area contributed by atoms with Crippen LogP contribution in [-0.2, 0) is 9.63 Å². The number of unbranched alkanes of at least 4 members (excludes halogenated alkanes) is 12. The normalized spacial score (nSPS) is 11.7. The van der Waals surface area contributed by atoms with Crippen LogP contribution >= 0.6 is 0 Å². The molecule has 0 bridgehead atoms. The summed E-state index contributed by atoms with van der Waals surface area (Å²) in [5.41, 5.74) is 2.57. The highest BCUT2D eigenvalue weighted by Crippen LogP contribution is 2.12. The van der Waals surface area contributed by atoms with Crippen LogP contribution < -0.4 is 5.48 Å². The zero-order valence-corrected chi connectivity index (χ0v) is 18.3. The van der Waals surface area contributed by atoms with Gasteiger partial charge in [0.2, 0.25) is 5.91 Å². The molecule has 0 rings (SSSR count). The van der Waals surface area contributed by atoms with Crippen molar-refractivity contribution in [2.24, 2.45) is 0 Å². The summed E-state index contributed by atoms with van der Waals surface area (Å²) in [6.07, 6.45) is 18.8. The van der Waals surface area contributed by atoms with Crippen LogP contribution in [0.4, 0.5) is 0 Å². The predicted molar refractivity (Wildman–Crippen MR) is 112 cm³/mol. The van der Waals surface area contributed by atoms with Gasteiger partial charge in [-0.1, -0.05) is 84.0 Å². The monoisotopic (exact) mass is 371 g/mol. The third-order valence-electron chi connectivity index (χ3n) is 4.77. The van der Waals surface area contributed by atoms with Crippen molar-refractivity contribution in [3.63, 3.8) is 0 Å². The lowest BCUT2D eigenvalue weighted by Gasteiger charge is -2.23. The average molecular weight is 372 g/mol. The number of nitrogens with zero attached hydrogens (tertiary/aromatic N) is 1. The lowest BCUT2D eigenvalue weighted by Crippen LogP contribution is -2.36. The first-order valence-corrected chi connectivity index (χ1v) is 11.2. The minimum atomic E-state index is 0.0262. The second-order valence-electron chi connectivity index (χ2n) is 8.73. The minimum absolute atomic E-state index is 0.0262. The van der Waals surface area contributed by atoms with E-state index in [1.807, 2.05) is 0 Å². The van der Waals surface area contributed by atoms with Crippen LogP contribution in [0, 0.1) is 0 Å². The lowest BCUT2D eigenvalue weighted by atomic mass is 10.0. The molecule has 4 heteroatoms. The van der Waals surface area contributed by atoms with E-state index in [2.05, 4.69) is 33.5 Å². The molecule has 0 aliphatic rings. The van der Waals surface area contributed by atoms with Gasteiger partial charge in [-0.3, -0.25) is 9.63 Å². The Kier molecular flexibility index (Phi) is 17.4. The number of hydrogen-bond acceptors (Lipinski definition) is 2. The highest BCUT2D eigenvalue weighted by molar-refractivity contribution is 5.74. The molecule has 0 radical (unpaired) electrons. The highest BCUT2D eigenvalue weighted by atomic mass is 16.6. The molecule has 0 heterocycles. The SMILES string of the molecule is CCCCCCCCCCCCCCCC(=O)NOCCC[N+](C)(C)C. The van der Waals surface area contributed by atoms with E-state index in [0.717, 1.165) is 30.3 Å². The first kappa shape index (κ1) is 25.4. The summed E-state index contributed by atoms with van der Waals surface area (Å²) in [4.78, 5) is 16.9. The van der Waals surface area contributed by atoms with Crippen molar-refractivity contribution in [1.29, 1.82) is 0 Å². The molecule has 0 fully saturated rings. The van der Waals surface area contributed by atoms with Gasteiger partial charge in [0.25, 0.3) is 0 Å². The van der Waals surface area contributed by atoms with E-state index in [4.69, 9.17) is 4.84 Å². The van der Waals surface area contributed by atoms with Gasteiger partial charge in [0.15, 0.2) is 0 Å². The van der Waals surface area contributed by atoms with E-state index < -0.39 is 0 Å². The molecule has 4 nitrogen and oxygen atoms in total. The van der Waals surface area contributed by atoms with Crippen LogP contribution in [0.5, 0.6) is 0 Å². The molecule has 0 aromatic rings.